The highest BCUT2D eigenvalue weighted by Gasteiger charge is 2.17. The van der Waals surface area contributed by atoms with Crippen molar-refractivity contribution in [1.29, 1.82) is 0 Å². The molecule has 2 atom stereocenters. The van der Waals surface area contributed by atoms with Gasteiger partial charge in [-0.1, -0.05) is 30.1 Å². The highest BCUT2D eigenvalue weighted by atomic mass is 35.5. The first kappa shape index (κ1) is 13.8. The van der Waals surface area contributed by atoms with Gasteiger partial charge in [0.1, 0.15) is 5.82 Å². The van der Waals surface area contributed by atoms with Crippen molar-refractivity contribution in [3.63, 3.8) is 0 Å². The lowest BCUT2D eigenvalue weighted by Gasteiger charge is -2.21. The molecule has 0 fully saturated rings. The van der Waals surface area contributed by atoms with Gasteiger partial charge in [-0.15, -0.1) is 0 Å². The minimum absolute atomic E-state index is 0.0642. The van der Waals surface area contributed by atoms with Crippen LogP contribution in [0.5, 0.6) is 0 Å². The van der Waals surface area contributed by atoms with E-state index < -0.39 is 5.82 Å². The zero-order valence-corrected chi connectivity index (χ0v) is 11.2. The summed E-state index contributed by atoms with van der Waals surface area (Å²) in [5, 5.41) is 3.92. The van der Waals surface area contributed by atoms with Crippen LogP contribution in [0.2, 0.25) is 10.0 Å². The third-order valence-corrected chi connectivity index (χ3v) is 3.37. The third-order valence-electron chi connectivity index (χ3n) is 2.66. The minimum atomic E-state index is -0.432. The molecule has 0 aliphatic carbocycles. The summed E-state index contributed by atoms with van der Waals surface area (Å²) in [5.41, 5.74) is 0.628. The Morgan fingerprint density at radius 2 is 1.94 bits per heavy atom. The normalized spacial score (nSPS) is 14.9. The molecule has 0 bridgehead atoms. The number of rotatable bonds is 4. The summed E-state index contributed by atoms with van der Waals surface area (Å²) in [6.45, 7) is 6.08. The maximum atomic E-state index is 13.3. The summed E-state index contributed by atoms with van der Waals surface area (Å²) in [6.07, 6.45) is 0.995. The Kier molecular flexibility index (Phi) is 5.03. The maximum absolute atomic E-state index is 13.3. The number of nitrogens with one attached hydrogen (secondary N) is 1. The van der Waals surface area contributed by atoms with Gasteiger partial charge < -0.3 is 5.32 Å². The Morgan fingerprint density at radius 3 is 2.50 bits per heavy atom. The molecule has 1 rings (SSSR count). The summed E-state index contributed by atoms with van der Waals surface area (Å²) in [7, 11) is 0. The van der Waals surface area contributed by atoms with Gasteiger partial charge in [-0.05, 0) is 32.4 Å². The molecule has 16 heavy (non-hydrogen) atoms. The molecule has 90 valence electrons. The van der Waals surface area contributed by atoms with Gasteiger partial charge in [0.15, 0.2) is 0 Å². The molecule has 1 N–H and O–H groups in total. The number of benzene rings is 1. The van der Waals surface area contributed by atoms with Crippen molar-refractivity contribution < 1.29 is 4.39 Å². The van der Waals surface area contributed by atoms with Gasteiger partial charge in [0.05, 0.1) is 5.02 Å². The van der Waals surface area contributed by atoms with Crippen LogP contribution in [0.4, 0.5) is 4.39 Å². The van der Waals surface area contributed by atoms with Gasteiger partial charge in [-0.2, -0.15) is 0 Å². The summed E-state index contributed by atoms with van der Waals surface area (Å²) < 4.78 is 13.3. The minimum Gasteiger partial charge on any atom is -0.308 e. The van der Waals surface area contributed by atoms with Gasteiger partial charge in [-0.3, -0.25) is 0 Å². The van der Waals surface area contributed by atoms with Gasteiger partial charge in [0.2, 0.25) is 0 Å². The lowest BCUT2D eigenvalue weighted by molar-refractivity contribution is 0.468. The summed E-state index contributed by atoms with van der Waals surface area (Å²) in [6, 6.07) is 3.09. The van der Waals surface area contributed by atoms with E-state index in [2.05, 4.69) is 19.2 Å². The molecule has 0 amide bonds. The Bertz CT molecular complexity index is 368. The summed E-state index contributed by atoms with van der Waals surface area (Å²) >= 11 is 12.0. The summed E-state index contributed by atoms with van der Waals surface area (Å²) in [4.78, 5) is 0. The van der Waals surface area contributed by atoms with Crippen LogP contribution in [-0.2, 0) is 0 Å². The van der Waals surface area contributed by atoms with Crippen molar-refractivity contribution in [2.24, 2.45) is 0 Å². The van der Waals surface area contributed by atoms with Crippen LogP contribution in [0.3, 0.4) is 0 Å². The molecule has 0 aliphatic heterocycles. The van der Waals surface area contributed by atoms with Crippen LogP contribution < -0.4 is 5.32 Å². The van der Waals surface area contributed by atoms with E-state index in [1.54, 1.807) is 0 Å². The lowest BCUT2D eigenvalue weighted by Crippen LogP contribution is -2.28. The fraction of sp³-hybridized carbons (Fsp3) is 0.500. The van der Waals surface area contributed by atoms with Crippen LogP contribution in [0.1, 0.15) is 38.8 Å². The Labute approximate surface area is 106 Å². The smallest absolute Gasteiger partial charge is 0.142 e. The molecule has 1 aromatic rings. The highest BCUT2D eigenvalue weighted by molar-refractivity contribution is 6.36. The van der Waals surface area contributed by atoms with Crippen LogP contribution >= 0.6 is 23.2 Å². The van der Waals surface area contributed by atoms with Gasteiger partial charge in [-0.25, -0.2) is 4.39 Å². The molecule has 0 heterocycles. The molecule has 0 saturated heterocycles. The molecule has 4 heteroatoms. The van der Waals surface area contributed by atoms with Crippen LogP contribution in [0.25, 0.3) is 0 Å². The van der Waals surface area contributed by atoms with E-state index in [1.165, 1.54) is 12.1 Å². The van der Waals surface area contributed by atoms with Crippen LogP contribution in [0, 0.1) is 5.82 Å². The molecule has 0 radical (unpaired) electrons. The molecule has 1 aromatic carbocycles. The second kappa shape index (κ2) is 5.85. The molecule has 0 spiro atoms. The molecular formula is C12H16Cl2FN. The zero-order valence-electron chi connectivity index (χ0n) is 9.65. The average Bonchev–Trinajstić information content (AvgIpc) is 2.24. The predicted molar refractivity (Wildman–Crippen MR) is 67.7 cm³/mol. The SMILES string of the molecule is CCC(C)NC(C)c1c(Cl)ccc(F)c1Cl. The van der Waals surface area contributed by atoms with Crippen LogP contribution in [0.15, 0.2) is 12.1 Å². The van der Waals surface area contributed by atoms with Gasteiger partial charge >= 0.3 is 0 Å². The van der Waals surface area contributed by atoms with Crippen molar-refractivity contribution in [3.8, 4) is 0 Å². The largest absolute Gasteiger partial charge is 0.308 e. The zero-order chi connectivity index (χ0) is 12.3. The third kappa shape index (κ3) is 3.09. The van der Waals surface area contributed by atoms with Crippen molar-refractivity contribution in [2.45, 2.75) is 39.3 Å². The Balaban J connectivity index is 2.98. The second-order valence-corrected chi connectivity index (χ2v) is 4.74. The first-order valence-electron chi connectivity index (χ1n) is 5.36. The molecule has 0 saturated carbocycles. The molecule has 0 aliphatic rings. The van der Waals surface area contributed by atoms with E-state index in [4.69, 9.17) is 23.2 Å². The Morgan fingerprint density at radius 1 is 1.31 bits per heavy atom. The predicted octanol–water partition coefficient (Wildman–Crippen LogP) is 4.58. The van der Waals surface area contributed by atoms with Gasteiger partial charge in [0, 0.05) is 22.7 Å². The maximum Gasteiger partial charge on any atom is 0.142 e. The van der Waals surface area contributed by atoms with E-state index in [0.29, 0.717) is 16.6 Å². The van der Waals surface area contributed by atoms with E-state index >= 15 is 0 Å². The van der Waals surface area contributed by atoms with Crippen molar-refractivity contribution in [2.75, 3.05) is 0 Å². The van der Waals surface area contributed by atoms with Gasteiger partial charge in [0.25, 0.3) is 0 Å². The molecule has 0 aromatic heterocycles. The number of halogens is 3. The first-order chi connectivity index (χ1) is 7.47. The Hall–Kier alpha value is -0.310. The number of hydrogen-bond donors (Lipinski definition) is 1. The van der Waals surface area contributed by atoms with Crippen molar-refractivity contribution in [3.05, 3.63) is 33.6 Å². The lowest BCUT2D eigenvalue weighted by atomic mass is 10.1. The molecule has 2 unspecified atom stereocenters. The summed E-state index contributed by atoms with van der Waals surface area (Å²) in [5.74, 6) is -0.432. The van der Waals surface area contributed by atoms with E-state index in [-0.39, 0.29) is 11.1 Å². The highest BCUT2D eigenvalue weighted by Crippen LogP contribution is 2.32. The van der Waals surface area contributed by atoms with E-state index in [9.17, 15) is 4.39 Å². The fourth-order valence-corrected chi connectivity index (χ4v) is 2.27. The van der Waals surface area contributed by atoms with E-state index in [0.717, 1.165) is 6.42 Å². The fourth-order valence-electron chi connectivity index (χ4n) is 1.57. The van der Waals surface area contributed by atoms with Crippen molar-refractivity contribution in [1.82, 2.24) is 5.32 Å². The number of hydrogen-bond acceptors (Lipinski definition) is 1. The molecule has 1 nitrogen and oxygen atoms in total. The monoisotopic (exact) mass is 263 g/mol. The first-order valence-corrected chi connectivity index (χ1v) is 6.12. The second-order valence-electron chi connectivity index (χ2n) is 3.95. The standard InChI is InChI=1S/C12H16Cl2FN/c1-4-7(2)16-8(3)11-9(13)5-6-10(15)12(11)14/h5-8,16H,4H2,1-3H3. The quantitative estimate of drug-likeness (QED) is 0.785. The van der Waals surface area contributed by atoms with Crippen molar-refractivity contribution >= 4 is 23.2 Å². The van der Waals surface area contributed by atoms with E-state index in [1.807, 2.05) is 6.92 Å². The molecular weight excluding hydrogens is 248 g/mol. The van der Waals surface area contributed by atoms with Crippen LogP contribution in [-0.4, -0.2) is 6.04 Å². The average molecular weight is 264 g/mol. The topological polar surface area (TPSA) is 12.0 Å².